The van der Waals surface area contributed by atoms with Gasteiger partial charge in [0.25, 0.3) is 0 Å². The molecule has 0 N–H and O–H groups in total. The molecule has 0 aliphatic rings. The molecule has 3 nitrogen and oxygen atoms in total. The number of hydrogen-bond donors (Lipinski definition) is 0. The molecule has 0 aliphatic carbocycles. The summed E-state index contributed by atoms with van der Waals surface area (Å²) in [4.78, 5) is 0. The second kappa shape index (κ2) is 4.74. The second-order valence-corrected chi connectivity index (χ2v) is 2.93. The van der Waals surface area contributed by atoms with Crippen LogP contribution in [-0.2, 0) is 0 Å². The van der Waals surface area contributed by atoms with Crippen molar-refractivity contribution < 1.29 is 14.2 Å². The molecule has 0 amide bonds. The first kappa shape index (κ1) is 10.7. The molecule has 0 radical (unpaired) electrons. The Morgan fingerprint density at radius 1 is 1.07 bits per heavy atom. The van der Waals surface area contributed by atoms with Gasteiger partial charge in [-0.2, -0.15) is 0 Å². The standard InChI is InChI=1S/C11H16O3/c1-5-14-10-7-8(2)6-9(12-3)11(10)13-4/h6-7H,5H2,1-4H3. The SMILES string of the molecule is CCOc1cc(C)cc(OC)c1OC. The van der Waals surface area contributed by atoms with Gasteiger partial charge in [-0.15, -0.1) is 0 Å². The Morgan fingerprint density at radius 3 is 2.21 bits per heavy atom. The molecule has 1 rings (SSSR count). The van der Waals surface area contributed by atoms with Crippen molar-refractivity contribution >= 4 is 0 Å². The van der Waals surface area contributed by atoms with E-state index in [1.165, 1.54) is 0 Å². The Labute approximate surface area is 84.6 Å². The molecule has 0 heterocycles. The van der Waals surface area contributed by atoms with Crippen LogP contribution in [0.3, 0.4) is 0 Å². The summed E-state index contributed by atoms with van der Waals surface area (Å²) in [5.74, 6) is 2.09. The summed E-state index contributed by atoms with van der Waals surface area (Å²) in [5.41, 5.74) is 1.09. The third kappa shape index (κ3) is 2.10. The third-order valence-corrected chi connectivity index (χ3v) is 1.89. The average Bonchev–Trinajstić information content (AvgIpc) is 2.17. The van der Waals surface area contributed by atoms with Gasteiger partial charge in [0, 0.05) is 0 Å². The van der Waals surface area contributed by atoms with Crippen LogP contribution in [0.2, 0.25) is 0 Å². The van der Waals surface area contributed by atoms with Gasteiger partial charge in [-0.3, -0.25) is 0 Å². The van der Waals surface area contributed by atoms with Gasteiger partial charge >= 0.3 is 0 Å². The first-order chi connectivity index (χ1) is 6.72. The lowest BCUT2D eigenvalue weighted by Crippen LogP contribution is -1.98. The predicted octanol–water partition coefficient (Wildman–Crippen LogP) is 2.41. The van der Waals surface area contributed by atoms with E-state index in [2.05, 4.69) is 0 Å². The van der Waals surface area contributed by atoms with Crippen LogP contribution in [0, 0.1) is 6.92 Å². The lowest BCUT2D eigenvalue weighted by molar-refractivity contribution is 0.296. The van der Waals surface area contributed by atoms with Gasteiger partial charge in [0.15, 0.2) is 11.5 Å². The maximum Gasteiger partial charge on any atom is 0.203 e. The first-order valence-corrected chi connectivity index (χ1v) is 4.58. The quantitative estimate of drug-likeness (QED) is 0.740. The highest BCUT2D eigenvalue weighted by Crippen LogP contribution is 2.38. The summed E-state index contributed by atoms with van der Waals surface area (Å²) < 4.78 is 15.9. The topological polar surface area (TPSA) is 27.7 Å². The second-order valence-electron chi connectivity index (χ2n) is 2.93. The van der Waals surface area contributed by atoms with Crippen molar-refractivity contribution in [3.63, 3.8) is 0 Å². The maximum atomic E-state index is 5.45. The van der Waals surface area contributed by atoms with E-state index in [1.54, 1.807) is 14.2 Å². The van der Waals surface area contributed by atoms with Crippen molar-refractivity contribution in [2.24, 2.45) is 0 Å². The average molecular weight is 196 g/mol. The first-order valence-electron chi connectivity index (χ1n) is 4.58. The molecule has 78 valence electrons. The van der Waals surface area contributed by atoms with E-state index in [9.17, 15) is 0 Å². The Balaban J connectivity index is 3.17. The van der Waals surface area contributed by atoms with Gasteiger partial charge in [-0.05, 0) is 31.5 Å². The van der Waals surface area contributed by atoms with Crippen molar-refractivity contribution in [2.75, 3.05) is 20.8 Å². The summed E-state index contributed by atoms with van der Waals surface area (Å²) in [7, 11) is 3.22. The molecule has 0 unspecified atom stereocenters. The lowest BCUT2D eigenvalue weighted by atomic mass is 10.2. The fourth-order valence-electron chi connectivity index (χ4n) is 1.32. The van der Waals surface area contributed by atoms with Crippen LogP contribution < -0.4 is 14.2 Å². The minimum absolute atomic E-state index is 0.614. The van der Waals surface area contributed by atoms with Crippen molar-refractivity contribution in [3.8, 4) is 17.2 Å². The van der Waals surface area contributed by atoms with Crippen molar-refractivity contribution in [3.05, 3.63) is 17.7 Å². The van der Waals surface area contributed by atoms with Crippen LogP contribution in [0.5, 0.6) is 17.2 Å². The van der Waals surface area contributed by atoms with E-state index < -0.39 is 0 Å². The predicted molar refractivity (Wildman–Crippen MR) is 55.5 cm³/mol. The molecule has 0 spiro atoms. The van der Waals surface area contributed by atoms with Crippen LogP contribution in [0.15, 0.2) is 12.1 Å². The zero-order valence-corrected chi connectivity index (χ0v) is 9.09. The minimum atomic E-state index is 0.614. The number of benzene rings is 1. The van der Waals surface area contributed by atoms with Crippen molar-refractivity contribution in [1.29, 1.82) is 0 Å². The molecule has 0 aliphatic heterocycles. The normalized spacial score (nSPS) is 9.71. The van der Waals surface area contributed by atoms with Crippen LogP contribution >= 0.6 is 0 Å². The molecule has 1 aromatic carbocycles. The highest BCUT2D eigenvalue weighted by molar-refractivity contribution is 5.53. The third-order valence-electron chi connectivity index (χ3n) is 1.89. The monoisotopic (exact) mass is 196 g/mol. The van der Waals surface area contributed by atoms with Gasteiger partial charge in [0.1, 0.15) is 0 Å². The number of methoxy groups -OCH3 is 2. The molecular formula is C11H16O3. The highest BCUT2D eigenvalue weighted by atomic mass is 16.5. The molecule has 1 aromatic rings. The summed E-state index contributed by atoms with van der Waals surface area (Å²) >= 11 is 0. The number of hydrogen-bond acceptors (Lipinski definition) is 3. The Morgan fingerprint density at radius 2 is 1.71 bits per heavy atom. The molecule has 3 heteroatoms. The molecule has 0 saturated heterocycles. The summed E-state index contributed by atoms with van der Waals surface area (Å²) in [6.07, 6.45) is 0. The zero-order valence-electron chi connectivity index (χ0n) is 9.09. The Kier molecular flexibility index (Phi) is 3.63. The van der Waals surface area contributed by atoms with Crippen LogP contribution in [0.1, 0.15) is 12.5 Å². The summed E-state index contributed by atoms with van der Waals surface area (Å²) in [6.45, 7) is 4.54. The number of aryl methyl sites for hydroxylation is 1. The van der Waals surface area contributed by atoms with Crippen LogP contribution in [0.25, 0.3) is 0 Å². The minimum Gasteiger partial charge on any atom is -0.493 e. The maximum absolute atomic E-state index is 5.45. The fourth-order valence-corrected chi connectivity index (χ4v) is 1.32. The highest BCUT2D eigenvalue weighted by Gasteiger charge is 2.11. The number of rotatable bonds is 4. The van der Waals surface area contributed by atoms with E-state index in [4.69, 9.17) is 14.2 Å². The number of ether oxygens (including phenoxy) is 3. The zero-order chi connectivity index (χ0) is 10.6. The molecule has 0 fully saturated rings. The van der Waals surface area contributed by atoms with E-state index in [0.717, 1.165) is 11.3 Å². The van der Waals surface area contributed by atoms with Gasteiger partial charge in [-0.1, -0.05) is 0 Å². The van der Waals surface area contributed by atoms with E-state index in [1.807, 2.05) is 26.0 Å². The largest absolute Gasteiger partial charge is 0.493 e. The van der Waals surface area contributed by atoms with Gasteiger partial charge in [-0.25, -0.2) is 0 Å². The Bertz CT molecular complexity index is 308. The molecule has 14 heavy (non-hydrogen) atoms. The lowest BCUT2D eigenvalue weighted by Gasteiger charge is -2.13. The summed E-state index contributed by atoms with van der Waals surface area (Å²) in [5, 5.41) is 0. The van der Waals surface area contributed by atoms with Crippen molar-refractivity contribution in [2.45, 2.75) is 13.8 Å². The smallest absolute Gasteiger partial charge is 0.203 e. The molecular weight excluding hydrogens is 180 g/mol. The van der Waals surface area contributed by atoms with E-state index in [0.29, 0.717) is 18.1 Å². The molecule has 0 bridgehead atoms. The van der Waals surface area contributed by atoms with Gasteiger partial charge < -0.3 is 14.2 Å². The summed E-state index contributed by atoms with van der Waals surface area (Å²) in [6, 6.07) is 3.85. The van der Waals surface area contributed by atoms with Crippen molar-refractivity contribution in [1.82, 2.24) is 0 Å². The Hall–Kier alpha value is -1.38. The van der Waals surface area contributed by atoms with E-state index >= 15 is 0 Å². The molecule has 0 atom stereocenters. The van der Waals surface area contributed by atoms with Gasteiger partial charge in [0.2, 0.25) is 5.75 Å². The van der Waals surface area contributed by atoms with E-state index in [-0.39, 0.29) is 0 Å². The molecule has 0 aromatic heterocycles. The fraction of sp³-hybridized carbons (Fsp3) is 0.455. The van der Waals surface area contributed by atoms with Crippen LogP contribution in [-0.4, -0.2) is 20.8 Å². The van der Waals surface area contributed by atoms with Gasteiger partial charge in [0.05, 0.1) is 20.8 Å². The molecule has 0 saturated carbocycles. The van der Waals surface area contributed by atoms with Crippen LogP contribution in [0.4, 0.5) is 0 Å².